The predicted octanol–water partition coefficient (Wildman–Crippen LogP) is 2.52. The molecule has 0 atom stereocenters. The van der Waals surface area contributed by atoms with Crippen LogP contribution < -0.4 is 10.0 Å². The highest BCUT2D eigenvalue weighted by atomic mass is 32.2. The van der Waals surface area contributed by atoms with Crippen molar-refractivity contribution in [1.82, 2.24) is 4.72 Å². The molecule has 1 aliphatic heterocycles. The lowest BCUT2D eigenvalue weighted by Gasteiger charge is -2.17. The summed E-state index contributed by atoms with van der Waals surface area (Å²) < 4.78 is 27.1. The van der Waals surface area contributed by atoms with Crippen LogP contribution in [0.5, 0.6) is 0 Å². The number of benzene rings is 2. The first-order valence-electron chi connectivity index (χ1n) is 7.06. The zero-order valence-electron chi connectivity index (χ0n) is 12.5. The van der Waals surface area contributed by atoms with E-state index in [2.05, 4.69) is 10.0 Å². The molecule has 3 rings (SSSR count). The van der Waals surface area contributed by atoms with Crippen molar-refractivity contribution in [2.75, 3.05) is 11.1 Å². The molecular formula is C16H16N2O3S2. The van der Waals surface area contributed by atoms with Crippen molar-refractivity contribution < 1.29 is 13.2 Å². The summed E-state index contributed by atoms with van der Waals surface area (Å²) in [5, 5.41) is 2.80. The molecule has 0 aliphatic carbocycles. The third kappa shape index (κ3) is 3.74. The highest BCUT2D eigenvalue weighted by Crippen LogP contribution is 2.32. The Kier molecular flexibility index (Phi) is 4.43. The molecule has 0 saturated carbocycles. The fraction of sp³-hybridized carbons (Fsp3) is 0.188. The Balaban J connectivity index is 1.74. The van der Waals surface area contributed by atoms with Gasteiger partial charge in [-0.2, -0.15) is 0 Å². The lowest BCUT2D eigenvalue weighted by atomic mass is 10.2. The number of carbonyl (C=O) groups excluding carboxylic acids is 1. The molecule has 0 fully saturated rings. The first kappa shape index (κ1) is 16.0. The summed E-state index contributed by atoms with van der Waals surface area (Å²) in [6, 6.07) is 12.3. The van der Waals surface area contributed by atoms with Gasteiger partial charge in [0, 0.05) is 11.4 Å². The van der Waals surface area contributed by atoms with Crippen LogP contribution in [0.25, 0.3) is 0 Å². The van der Waals surface area contributed by atoms with Gasteiger partial charge in [-0.05, 0) is 36.8 Å². The third-order valence-corrected chi connectivity index (χ3v) is 5.97. The molecule has 2 aromatic rings. The number of nitrogens with one attached hydrogen (secondary N) is 2. The number of anilines is 1. The molecule has 0 spiro atoms. The van der Waals surface area contributed by atoms with Gasteiger partial charge in [0.2, 0.25) is 15.9 Å². The van der Waals surface area contributed by atoms with E-state index in [1.54, 1.807) is 30.3 Å². The van der Waals surface area contributed by atoms with Gasteiger partial charge in [-0.1, -0.05) is 23.8 Å². The topological polar surface area (TPSA) is 75.3 Å². The van der Waals surface area contributed by atoms with Gasteiger partial charge >= 0.3 is 0 Å². The lowest BCUT2D eigenvalue weighted by Crippen LogP contribution is -2.24. The molecule has 2 N–H and O–H groups in total. The molecule has 23 heavy (non-hydrogen) atoms. The standard InChI is InChI=1S/C16H16N2O3S2/c1-11-2-5-13(6-3-11)23(20,21)17-9-12-4-7-15-14(8-12)18-16(19)10-22-15/h2-8,17H,9-10H2,1H3,(H,18,19). The van der Waals surface area contributed by atoms with Crippen molar-refractivity contribution >= 4 is 33.4 Å². The predicted molar refractivity (Wildman–Crippen MR) is 91.0 cm³/mol. The van der Waals surface area contributed by atoms with Gasteiger partial charge in [0.1, 0.15) is 0 Å². The molecular weight excluding hydrogens is 332 g/mol. The fourth-order valence-corrected chi connectivity index (χ4v) is 4.03. The smallest absolute Gasteiger partial charge is 0.240 e. The first-order valence-corrected chi connectivity index (χ1v) is 9.53. The van der Waals surface area contributed by atoms with E-state index in [9.17, 15) is 13.2 Å². The van der Waals surface area contributed by atoms with Crippen LogP contribution in [0.3, 0.4) is 0 Å². The largest absolute Gasteiger partial charge is 0.324 e. The molecule has 0 unspecified atom stereocenters. The summed E-state index contributed by atoms with van der Waals surface area (Å²) in [7, 11) is -3.55. The maximum absolute atomic E-state index is 12.3. The Morgan fingerprint density at radius 1 is 1.17 bits per heavy atom. The SMILES string of the molecule is Cc1ccc(S(=O)(=O)NCc2ccc3c(c2)NC(=O)CS3)cc1. The molecule has 0 saturated heterocycles. The highest BCUT2D eigenvalue weighted by Gasteiger charge is 2.17. The van der Waals surface area contributed by atoms with Crippen LogP contribution in [0.1, 0.15) is 11.1 Å². The molecule has 0 aromatic heterocycles. The van der Waals surface area contributed by atoms with E-state index < -0.39 is 10.0 Å². The molecule has 1 heterocycles. The Bertz CT molecular complexity index is 846. The minimum atomic E-state index is -3.55. The van der Waals surface area contributed by atoms with E-state index in [0.29, 0.717) is 5.75 Å². The molecule has 0 radical (unpaired) electrons. The number of amides is 1. The summed E-state index contributed by atoms with van der Waals surface area (Å²) >= 11 is 1.48. The molecule has 0 bridgehead atoms. The van der Waals surface area contributed by atoms with Gasteiger partial charge in [-0.25, -0.2) is 13.1 Å². The van der Waals surface area contributed by atoms with E-state index in [1.807, 2.05) is 19.1 Å². The van der Waals surface area contributed by atoms with Crippen LogP contribution in [-0.4, -0.2) is 20.1 Å². The monoisotopic (exact) mass is 348 g/mol. The first-order chi connectivity index (χ1) is 10.9. The van der Waals surface area contributed by atoms with Crippen molar-refractivity contribution in [2.24, 2.45) is 0 Å². The number of hydrogen-bond donors (Lipinski definition) is 2. The number of fused-ring (bicyclic) bond motifs is 1. The maximum Gasteiger partial charge on any atom is 0.240 e. The summed E-state index contributed by atoms with van der Waals surface area (Å²) in [4.78, 5) is 12.7. The van der Waals surface area contributed by atoms with Crippen LogP contribution >= 0.6 is 11.8 Å². The van der Waals surface area contributed by atoms with E-state index in [4.69, 9.17) is 0 Å². The van der Waals surface area contributed by atoms with Crippen molar-refractivity contribution in [2.45, 2.75) is 23.3 Å². The van der Waals surface area contributed by atoms with Gasteiger partial charge in [0.05, 0.1) is 16.3 Å². The second-order valence-corrected chi connectivity index (χ2v) is 8.09. The van der Waals surface area contributed by atoms with E-state index in [0.717, 1.165) is 21.7 Å². The van der Waals surface area contributed by atoms with E-state index >= 15 is 0 Å². The summed E-state index contributed by atoms with van der Waals surface area (Å²) in [6.45, 7) is 2.08. The average Bonchev–Trinajstić information content (AvgIpc) is 2.53. The van der Waals surface area contributed by atoms with Crippen LogP contribution in [0.4, 0.5) is 5.69 Å². The zero-order chi connectivity index (χ0) is 16.4. The maximum atomic E-state index is 12.3. The summed E-state index contributed by atoms with van der Waals surface area (Å²) in [5.74, 6) is 0.367. The second kappa shape index (κ2) is 6.35. The van der Waals surface area contributed by atoms with Gasteiger partial charge in [0.25, 0.3) is 0 Å². The van der Waals surface area contributed by atoms with Gasteiger partial charge in [-0.15, -0.1) is 11.8 Å². The summed E-state index contributed by atoms with van der Waals surface area (Å²) in [5.41, 5.74) is 2.53. The fourth-order valence-electron chi connectivity index (χ4n) is 2.22. The highest BCUT2D eigenvalue weighted by molar-refractivity contribution is 8.00. The number of rotatable bonds is 4. The van der Waals surface area contributed by atoms with Crippen molar-refractivity contribution in [3.05, 3.63) is 53.6 Å². The van der Waals surface area contributed by atoms with Crippen molar-refractivity contribution in [3.8, 4) is 0 Å². The normalized spacial score (nSPS) is 14.2. The zero-order valence-corrected chi connectivity index (χ0v) is 14.1. The molecule has 7 heteroatoms. The van der Waals surface area contributed by atoms with Crippen molar-refractivity contribution in [3.63, 3.8) is 0 Å². The van der Waals surface area contributed by atoms with Crippen LogP contribution in [0.2, 0.25) is 0 Å². The summed E-state index contributed by atoms with van der Waals surface area (Å²) in [6.07, 6.45) is 0. The quantitative estimate of drug-likeness (QED) is 0.890. The van der Waals surface area contributed by atoms with Crippen LogP contribution in [-0.2, 0) is 21.4 Å². The number of sulfonamides is 1. The van der Waals surface area contributed by atoms with Gasteiger partial charge in [-0.3, -0.25) is 4.79 Å². The number of aryl methyl sites for hydroxylation is 1. The minimum Gasteiger partial charge on any atom is -0.324 e. The number of carbonyl (C=O) groups is 1. The minimum absolute atomic E-state index is 0.0418. The molecule has 2 aromatic carbocycles. The van der Waals surface area contributed by atoms with Crippen molar-refractivity contribution in [1.29, 1.82) is 0 Å². The molecule has 120 valence electrons. The van der Waals surface area contributed by atoms with Gasteiger partial charge in [0.15, 0.2) is 0 Å². The Labute approximate surface area is 139 Å². The third-order valence-electron chi connectivity index (χ3n) is 3.47. The Morgan fingerprint density at radius 2 is 1.91 bits per heavy atom. The van der Waals surface area contributed by atoms with E-state index in [1.165, 1.54) is 11.8 Å². The number of hydrogen-bond acceptors (Lipinski definition) is 4. The lowest BCUT2D eigenvalue weighted by molar-refractivity contribution is -0.113. The Morgan fingerprint density at radius 3 is 2.65 bits per heavy atom. The Hall–Kier alpha value is -1.83. The molecule has 5 nitrogen and oxygen atoms in total. The van der Waals surface area contributed by atoms with Gasteiger partial charge < -0.3 is 5.32 Å². The van der Waals surface area contributed by atoms with E-state index in [-0.39, 0.29) is 17.3 Å². The second-order valence-electron chi connectivity index (χ2n) is 5.30. The average molecular weight is 348 g/mol. The number of thioether (sulfide) groups is 1. The van der Waals surface area contributed by atoms with Crippen LogP contribution in [0.15, 0.2) is 52.3 Å². The van der Waals surface area contributed by atoms with Crippen LogP contribution in [0, 0.1) is 6.92 Å². The molecule has 1 amide bonds. The molecule has 1 aliphatic rings.